The van der Waals surface area contributed by atoms with Crippen molar-refractivity contribution in [1.82, 2.24) is 5.43 Å². The van der Waals surface area contributed by atoms with E-state index < -0.39 is 29.1 Å². The Bertz CT molecular complexity index is 782. The van der Waals surface area contributed by atoms with Crippen molar-refractivity contribution in [2.24, 2.45) is 5.73 Å². The van der Waals surface area contributed by atoms with Gasteiger partial charge in [0.1, 0.15) is 11.8 Å². The predicted molar refractivity (Wildman–Crippen MR) is 99.1 cm³/mol. The van der Waals surface area contributed by atoms with Crippen molar-refractivity contribution in [3.63, 3.8) is 0 Å². The summed E-state index contributed by atoms with van der Waals surface area (Å²) in [7, 11) is 0. The van der Waals surface area contributed by atoms with E-state index in [4.69, 9.17) is 21.1 Å². The first-order valence-electron chi connectivity index (χ1n) is 8.12. The molecule has 28 heavy (non-hydrogen) atoms. The highest BCUT2D eigenvalue weighted by atomic mass is 16.7. The zero-order chi connectivity index (χ0) is 21.1. The summed E-state index contributed by atoms with van der Waals surface area (Å²) >= 11 is 0. The molecule has 2 atom stereocenters. The third kappa shape index (κ3) is 8.63. The third-order valence-corrected chi connectivity index (χ3v) is 3.55. The van der Waals surface area contributed by atoms with Crippen LogP contribution in [0.4, 0.5) is 0 Å². The SMILES string of the molecule is NC(Cc1ccc(O)cc1)C(=O)O.O=C(O)C(Cc1ccccc1)N[N+](=O)[O-]. The van der Waals surface area contributed by atoms with Crippen LogP contribution in [0.5, 0.6) is 5.75 Å². The molecule has 0 aliphatic rings. The molecule has 0 heterocycles. The van der Waals surface area contributed by atoms with Gasteiger partial charge < -0.3 is 21.1 Å². The zero-order valence-electron chi connectivity index (χ0n) is 14.8. The summed E-state index contributed by atoms with van der Waals surface area (Å²) in [5, 5.41) is 35.5. The van der Waals surface area contributed by atoms with Crippen LogP contribution in [-0.4, -0.2) is 44.4 Å². The maximum Gasteiger partial charge on any atom is 0.332 e. The largest absolute Gasteiger partial charge is 0.508 e. The van der Waals surface area contributed by atoms with Gasteiger partial charge in [-0.3, -0.25) is 4.79 Å². The highest BCUT2D eigenvalue weighted by Crippen LogP contribution is 2.10. The standard InChI is InChI=1S/C9H10N2O4.C9H11NO3/c12-9(13)8(10-11(14)15)6-7-4-2-1-3-5-7;10-8(9(12)13)5-6-1-3-7(11)4-2-6/h1-5,8,10H,6H2,(H,12,13);1-4,8,11H,5,10H2,(H,12,13). The number of nitrogens with two attached hydrogens (primary N) is 1. The quantitative estimate of drug-likeness (QED) is 0.322. The van der Waals surface area contributed by atoms with Gasteiger partial charge in [-0.15, -0.1) is 5.43 Å². The highest BCUT2D eigenvalue weighted by Gasteiger charge is 2.22. The molecular weight excluding hydrogens is 370 g/mol. The highest BCUT2D eigenvalue weighted by molar-refractivity contribution is 5.74. The van der Waals surface area contributed by atoms with E-state index in [1.54, 1.807) is 47.9 Å². The van der Waals surface area contributed by atoms with Crippen molar-refractivity contribution in [3.05, 3.63) is 75.8 Å². The molecule has 0 spiro atoms. The number of phenolic OH excluding ortho intramolecular Hbond substituents is 1. The molecule has 150 valence electrons. The average molecular weight is 391 g/mol. The molecule has 0 saturated carbocycles. The van der Waals surface area contributed by atoms with E-state index in [9.17, 15) is 19.7 Å². The Morgan fingerprint density at radius 3 is 1.96 bits per heavy atom. The summed E-state index contributed by atoms with van der Waals surface area (Å²) in [4.78, 5) is 31.2. The average Bonchev–Trinajstić information content (AvgIpc) is 2.64. The van der Waals surface area contributed by atoms with Gasteiger partial charge in [0.2, 0.25) is 0 Å². The second-order valence-electron chi connectivity index (χ2n) is 5.78. The summed E-state index contributed by atoms with van der Waals surface area (Å²) in [5.74, 6) is -2.10. The summed E-state index contributed by atoms with van der Waals surface area (Å²) in [6, 6.07) is 13.0. The second kappa shape index (κ2) is 11.1. The van der Waals surface area contributed by atoms with E-state index in [1.165, 1.54) is 12.1 Å². The van der Waals surface area contributed by atoms with Crippen LogP contribution in [-0.2, 0) is 22.4 Å². The van der Waals surface area contributed by atoms with Crippen LogP contribution in [0.1, 0.15) is 11.1 Å². The number of benzene rings is 2. The van der Waals surface area contributed by atoms with Crippen molar-refractivity contribution < 1.29 is 29.9 Å². The molecule has 0 radical (unpaired) electrons. The zero-order valence-corrected chi connectivity index (χ0v) is 14.8. The molecule has 10 heteroatoms. The molecule has 6 N–H and O–H groups in total. The maximum atomic E-state index is 10.7. The fourth-order valence-electron chi connectivity index (χ4n) is 2.14. The number of aliphatic carboxylic acids is 2. The van der Waals surface area contributed by atoms with Crippen LogP contribution in [0.15, 0.2) is 54.6 Å². The Kier molecular flexibility index (Phi) is 8.90. The van der Waals surface area contributed by atoms with Crippen molar-refractivity contribution in [2.45, 2.75) is 24.9 Å². The minimum Gasteiger partial charge on any atom is -0.508 e. The Balaban J connectivity index is 0.000000283. The van der Waals surface area contributed by atoms with Gasteiger partial charge in [-0.1, -0.05) is 42.5 Å². The van der Waals surface area contributed by atoms with Gasteiger partial charge in [-0.05, 0) is 29.7 Å². The fourth-order valence-corrected chi connectivity index (χ4v) is 2.14. The molecule has 0 aromatic heterocycles. The topological polar surface area (TPSA) is 176 Å². The molecule has 2 aromatic rings. The first-order chi connectivity index (χ1) is 13.2. The number of hydrogen-bond acceptors (Lipinski definition) is 6. The molecule has 10 nitrogen and oxygen atoms in total. The minimum absolute atomic E-state index is 0.0805. The number of aromatic hydroxyl groups is 1. The van der Waals surface area contributed by atoms with Crippen LogP contribution in [0, 0.1) is 10.1 Å². The molecule has 0 fully saturated rings. The third-order valence-electron chi connectivity index (χ3n) is 3.55. The second-order valence-corrected chi connectivity index (χ2v) is 5.78. The van der Waals surface area contributed by atoms with E-state index in [-0.39, 0.29) is 18.6 Å². The first-order valence-corrected chi connectivity index (χ1v) is 8.12. The lowest BCUT2D eigenvalue weighted by molar-refractivity contribution is -0.548. The number of nitrogens with one attached hydrogen (secondary N) is 1. The Labute approximate surface area is 160 Å². The van der Waals surface area contributed by atoms with Gasteiger partial charge in [-0.2, -0.15) is 0 Å². The molecule has 2 aromatic carbocycles. The van der Waals surface area contributed by atoms with Gasteiger partial charge in [0.05, 0.1) is 0 Å². The monoisotopic (exact) mass is 391 g/mol. The molecular formula is C18H21N3O7. The molecule has 2 rings (SSSR count). The summed E-state index contributed by atoms with van der Waals surface area (Å²) in [5.41, 5.74) is 8.61. The number of hydrogen-bond donors (Lipinski definition) is 5. The number of carbonyl (C=O) groups is 2. The fraction of sp³-hybridized carbons (Fsp3) is 0.222. The number of carboxylic acids is 2. The van der Waals surface area contributed by atoms with E-state index in [1.807, 2.05) is 0 Å². The molecule has 0 amide bonds. The number of rotatable bonds is 8. The maximum absolute atomic E-state index is 10.7. The Morgan fingerprint density at radius 2 is 1.50 bits per heavy atom. The Hall–Kier alpha value is -3.66. The summed E-state index contributed by atoms with van der Waals surface area (Å²) < 4.78 is 0. The lowest BCUT2D eigenvalue weighted by atomic mass is 10.1. The summed E-state index contributed by atoms with van der Waals surface area (Å²) in [6.45, 7) is 0. The van der Waals surface area contributed by atoms with E-state index in [0.29, 0.717) is 0 Å². The van der Waals surface area contributed by atoms with E-state index in [0.717, 1.165) is 11.1 Å². The van der Waals surface area contributed by atoms with Gasteiger partial charge in [0.25, 0.3) is 0 Å². The van der Waals surface area contributed by atoms with E-state index >= 15 is 0 Å². The molecule has 0 saturated heterocycles. The Morgan fingerprint density at radius 1 is 0.964 bits per heavy atom. The van der Waals surface area contributed by atoms with Crippen LogP contribution >= 0.6 is 0 Å². The minimum atomic E-state index is -1.24. The lowest BCUT2D eigenvalue weighted by Gasteiger charge is -2.08. The number of nitro groups is 1. The predicted octanol–water partition coefficient (Wildman–Crippen LogP) is 0.810. The molecule has 0 bridgehead atoms. The van der Waals surface area contributed by atoms with Crippen LogP contribution in [0.3, 0.4) is 0 Å². The number of nitrogens with zero attached hydrogens (tertiary/aromatic N) is 1. The van der Waals surface area contributed by atoms with Gasteiger partial charge >= 0.3 is 11.9 Å². The number of carboxylic acid groups (broad SMARTS) is 2. The number of hydrazine groups is 1. The van der Waals surface area contributed by atoms with Crippen LogP contribution < -0.4 is 11.2 Å². The van der Waals surface area contributed by atoms with E-state index in [2.05, 4.69) is 0 Å². The van der Waals surface area contributed by atoms with Crippen molar-refractivity contribution in [2.75, 3.05) is 0 Å². The lowest BCUT2D eigenvalue weighted by Crippen LogP contribution is -2.41. The molecule has 0 aliphatic heterocycles. The number of phenols is 1. The van der Waals surface area contributed by atoms with Crippen LogP contribution in [0.2, 0.25) is 0 Å². The van der Waals surface area contributed by atoms with Crippen molar-refractivity contribution in [3.8, 4) is 5.75 Å². The van der Waals surface area contributed by atoms with Gasteiger partial charge in [-0.25, -0.2) is 14.9 Å². The molecule has 2 unspecified atom stereocenters. The smallest absolute Gasteiger partial charge is 0.332 e. The van der Waals surface area contributed by atoms with Crippen molar-refractivity contribution >= 4 is 11.9 Å². The van der Waals surface area contributed by atoms with Crippen molar-refractivity contribution in [1.29, 1.82) is 0 Å². The van der Waals surface area contributed by atoms with Gasteiger partial charge in [0.15, 0.2) is 11.1 Å². The molecule has 0 aliphatic carbocycles. The first kappa shape index (κ1) is 22.4. The summed E-state index contributed by atoms with van der Waals surface area (Å²) in [6.07, 6.45) is 0.354. The van der Waals surface area contributed by atoms with Gasteiger partial charge in [0, 0.05) is 6.42 Å². The normalized spacial score (nSPS) is 12.0. The van der Waals surface area contributed by atoms with Crippen LogP contribution in [0.25, 0.3) is 0 Å².